The molecule has 3 aromatic rings. The summed E-state index contributed by atoms with van der Waals surface area (Å²) in [6.45, 7) is 1.00. The fourth-order valence-electron chi connectivity index (χ4n) is 2.64. The van der Waals surface area contributed by atoms with E-state index in [-0.39, 0.29) is 0 Å². The van der Waals surface area contributed by atoms with Crippen molar-refractivity contribution >= 4 is 11.4 Å². The first-order valence-electron chi connectivity index (χ1n) is 8.67. The van der Waals surface area contributed by atoms with Gasteiger partial charge in [-0.25, -0.2) is 0 Å². The highest BCUT2D eigenvalue weighted by Crippen LogP contribution is 2.28. The minimum absolute atomic E-state index is 0.474. The molecule has 0 heterocycles. The van der Waals surface area contributed by atoms with E-state index in [1.165, 1.54) is 0 Å². The molecule has 0 saturated heterocycles. The molecule has 0 aliphatic heterocycles. The summed E-state index contributed by atoms with van der Waals surface area (Å²) in [6.07, 6.45) is 0.713. The van der Waals surface area contributed by atoms with E-state index in [4.69, 9.17) is 26.2 Å². The molecule has 4 N–H and O–H groups in total. The Morgan fingerprint density at radius 1 is 0.741 bits per heavy atom. The van der Waals surface area contributed by atoms with Gasteiger partial charge in [-0.1, -0.05) is 30.3 Å². The van der Waals surface area contributed by atoms with Crippen LogP contribution in [0.5, 0.6) is 11.5 Å². The maximum absolute atomic E-state index is 8.86. The van der Waals surface area contributed by atoms with Crippen LogP contribution in [0.1, 0.15) is 12.0 Å². The molecular weight excluding hydrogens is 338 g/mol. The lowest BCUT2D eigenvalue weighted by atomic mass is 10.0. The average molecular weight is 359 g/mol. The van der Waals surface area contributed by atoms with E-state index < -0.39 is 0 Å². The van der Waals surface area contributed by atoms with Crippen molar-refractivity contribution in [2.45, 2.75) is 6.42 Å². The van der Waals surface area contributed by atoms with Gasteiger partial charge < -0.3 is 20.9 Å². The Morgan fingerprint density at radius 3 is 1.89 bits per heavy atom. The maximum atomic E-state index is 8.86. The summed E-state index contributed by atoms with van der Waals surface area (Å²) >= 11 is 0. The minimum Gasteiger partial charge on any atom is -0.493 e. The van der Waals surface area contributed by atoms with Crippen LogP contribution in [0.15, 0.2) is 66.7 Å². The third kappa shape index (κ3) is 4.71. The molecule has 0 unspecified atom stereocenters. The molecule has 0 aliphatic carbocycles. The molecule has 0 radical (unpaired) electrons. The highest BCUT2D eigenvalue weighted by atomic mass is 16.5. The zero-order chi connectivity index (χ0) is 19.1. The quantitative estimate of drug-likeness (QED) is 0.486. The number of ether oxygens (including phenoxy) is 2. The van der Waals surface area contributed by atoms with E-state index >= 15 is 0 Å². The van der Waals surface area contributed by atoms with Crippen LogP contribution >= 0.6 is 0 Å². The first-order valence-corrected chi connectivity index (χ1v) is 8.67. The highest BCUT2D eigenvalue weighted by molar-refractivity contribution is 5.67. The van der Waals surface area contributed by atoms with Crippen LogP contribution in [0.2, 0.25) is 0 Å². The number of rotatable bonds is 7. The molecule has 136 valence electrons. The molecule has 0 spiro atoms. The van der Waals surface area contributed by atoms with E-state index in [2.05, 4.69) is 6.07 Å². The van der Waals surface area contributed by atoms with Crippen molar-refractivity contribution in [3.05, 3.63) is 72.3 Å². The number of nitrogen functional groups attached to an aromatic ring is 2. The van der Waals surface area contributed by atoms with Crippen LogP contribution < -0.4 is 20.9 Å². The lowest BCUT2D eigenvalue weighted by molar-refractivity contribution is 0.249. The predicted octanol–water partition coefficient (Wildman–Crippen LogP) is 4.24. The fraction of sp³-hybridized carbons (Fsp3) is 0.136. The van der Waals surface area contributed by atoms with Crippen molar-refractivity contribution < 1.29 is 9.47 Å². The van der Waals surface area contributed by atoms with Crippen molar-refractivity contribution in [1.82, 2.24) is 0 Å². The zero-order valence-electron chi connectivity index (χ0n) is 14.9. The summed E-state index contributed by atoms with van der Waals surface area (Å²) in [5, 5.41) is 8.86. The SMILES string of the molecule is N#Cc1ccc(-c2ccc(OCCCOc3c(N)cccc3N)cc2)cc1. The lowest BCUT2D eigenvalue weighted by Crippen LogP contribution is -2.07. The van der Waals surface area contributed by atoms with Crippen molar-refractivity contribution in [3.8, 4) is 28.7 Å². The Labute approximate surface area is 158 Å². The van der Waals surface area contributed by atoms with Crippen molar-refractivity contribution in [1.29, 1.82) is 5.26 Å². The molecule has 0 bridgehead atoms. The first-order chi connectivity index (χ1) is 13.2. The molecule has 0 saturated carbocycles. The third-order valence-corrected chi connectivity index (χ3v) is 4.08. The molecule has 0 amide bonds. The molecule has 5 nitrogen and oxygen atoms in total. The van der Waals surface area contributed by atoms with Gasteiger partial charge in [-0.05, 0) is 47.5 Å². The fourth-order valence-corrected chi connectivity index (χ4v) is 2.64. The van der Waals surface area contributed by atoms with Crippen LogP contribution in [0, 0.1) is 11.3 Å². The van der Waals surface area contributed by atoms with Crippen molar-refractivity contribution in [2.75, 3.05) is 24.7 Å². The van der Waals surface area contributed by atoms with Gasteiger partial charge in [0.05, 0.1) is 36.2 Å². The molecular formula is C22H21N3O2. The predicted molar refractivity (Wildman–Crippen MR) is 107 cm³/mol. The van der Waals surface area contributed by atoms with Crippen LogP contribution in [-0.2, 0) is 0 Å². The number of nitrogens with two attached hydrogens (primary N) is 2. The van der Waals surface area contributed by atoms with Gasteiger partial charge in [-0.2, -0.15) is 5.26 Å². The molecule has 0 fully saturated rings. The minimum atomic E-state index is 0.474. The summed E-state index contributed by atoms with van der Waals surface area (Å²) < 4.78 is 11.4. The smallest absolute Gasteiger partial charge is 0.165 e. The highest BCUT2D eigenvalue weighted by Gasteiger charge is 2.04. The second-order valence-electron chi connectivity index (χ2n) is 6.03. The lowest BCUT2D eigenvalue weighted by Gasteiger charge is -2.12. The summed E-state index contributed by atoms with van der Waals surface area (Å²) in [6, 6.07) is 22.8. The summed E-state index contributed by atoms with van der Waals surface area (Å²) in [4.78, 5) is 0. The topological polar surface area (TPSA) is 94.3 Å². The van der Waals surface area contributed by atoms with Gasteiger partial charge in [-0.3, -0.25) is 0 Å². The van der Waals surface area contributed by atoms with Crippen molar-refractivity contribution in [3.63, 3.8) is 0 Å². The van der Waals surface area contributed by atoms with Gasteiger partial charge in [0.25, 0.3) is 0 Å². The third-order valence-electron chi connectivity index (χ3n) is 4.08. The summed E-state index contributed by atoms with van der Waals surface area (Å²) in [5.41, 5.74) is 15.6. The van der Waals surface area contributed by atoms with E-state index in [9.17, 15) is 0 Å². The Morgan fingerprint density at radius 2 is 1.30 bits per heavy atom. The molecule has 3 aromatic carbocycles. The molecule has 3 rings (SSSR count). The normalized spacial score (nSPS) is 10.2. The Bertz CT molecular complexity index is 909. The van der Waals surface area contributed by atoms with Gasteiger partial charge in [-0.15, -0.1) is 0 Å². The van der Waals surface area contributed by atoms with E-state index in [1.54, 1.807) is 18.2 Å². The number of para-hydroxylation sites is 1. The molecule has 0 aromatic heterocycles. The molecule has 5 heteroatoms. The zero-order valence-corrected chi connectivity index (χ0v) is 14.9. The monoisotopic (exact) mass is 359 g/mol. The van der Waals surface area contributed by atoms with Gasteiger partial charge in [0.15, 0.2) is 5.75 Å². The Kier molecular flexibility index (Phi) is 5.80. The molecule has 0 aliphatic rings. The van der Waals surface area contributed by atoms with Crippen molar-refractivity contribution in [2.24, 2.45) is 0 Å². The van der Waals surface area contributed by atoms with Crippen LogP contribution in [-0.4, -0.2) is 13.2 Å². The van der Waals surface area contributed by atoms with E-state index in [0.717, 1.165) is 16.9 Å². The number of hydrogen-bond donors (Lipinski definition) is 2. The summed E-state index contributed by atoms with van der Waals surface area (Å²) in [5.74, 6) is 1.33. The molecule has 27 heavy (non-hydrogen) atoms. The van der Waals surface area contributed by atoms with Gasteiger partial charge in [0, 0.05) is 6.42 Å². The maximum Gasteiger partial charge on any atom is 0.165 e. The number of hydrogen-bond acceptors (Lipinski definition) is 5. The Balaban J connectivity index is 1.47. The number of benzene rings is 3. The second-order valence-corrected chi connectivity index (χ2v) is 6.03. The van der Waals surface area contributed by atoms with Gasteiger partial charge in [0.1, 0.15) is 5.75 Å². The average Bonchev–Trinajstić information content (AvgIpc) is 2.70. The van der Waals surface area contributed by atoms with E-state index in [1.807, 2.05) is 48.5 Å². The number of nitrogens with zero attached hydrogens (tertiary/aromatic N) is 1. The van der Waals surface area contributed by atoms with Crippen LogP contribution in [0.4, 0.5) is 11.4 Å². The molecule has 0 atom stereocenters. The number of anilines is 2. The largest absolute Gasteiger partial charge is 0.493 e. The second kappa shape index (κ2) is 8.63. The number of nitriles is 1. The first kappa shape index (κ1) is 18.2. The van der Waals surface area contributed by atoms with Crippen LogP contribution in [0.3, 0.4) is 0 Å². The van der Waals surface area contributed by atoms with E-state index in [0.29, 0.717) is 42.3 Å². The Hall–Kier alpha value is -3.65. The van der Waals surface area contributed by atoms with Gasteiger partial charge in [0.2, 0.25) is 0 Å². The standard InChI is InChI=1S/C22H21N3O2/c23-15-16-5-7-17(8-6-16)18-9-11-19(12-10-18)26-13-2-14-27-22-20(24)3-1-4-21(22)25/h1,3-12H,2,13-14,24-25H2. The summed E-state index contributed by atoms with van der Waals surface area (Å²) in [7, 11) is 0. The van der Waals surface area contributed by atoms with Crippen LogP contribution in [0.25, 0.3) is 11.1 Å². The van der Waals surface area contributed by atoms with Gasteiger partial charge >= 0.3 is 0 Å².